The minimum Gasteiger partial charge on any atom is -0.356 e. The molecule has 6 heteroatoms. The summed E-state index contributed by atoms with van der Waals surface area (Å²) in [6, 6.07) is 9.69. The minimum atomic E-state index is -3.07. The zero-order chi connectivity index (χ0) is 16.5. The predicted molar refractivity (Wildman–Crippen MR) is 95.2 cm³/mol. The third-order valence-corrected chi connectivity index (χ3v) is 5.41. The number of benzene rings is 1. The van der Waals surface area contributed by atoms with E-state index in [4.69, 9.17) is 0 Å². The van der Waals surface area contributed by atoms with Crippen LogP contribution in [0.15, 0.2) is 47.5 Å². The third-order valence-electron chi connectivity index (χ3n) is 3.73. The van der Waals surface area contributed by atoms with Crippen molar-refractivity contribution >= 4 is 15.8 Å². The van der Waals surface area contributed by atoms with E-state index in [0.717, 1.165) is 24.4 Å². The Morgan fingerprint density at radius 3 is 2.57 bits per heavy atom. The van der Waals surface area contributed by atoms with Crippen LogP contribution in [0.4, 0.5) is 0 Å². The van der Waals surface area contributed by atoms with Gasteiger partial charge in [0.05, 0.1) is 11.5 Å². The summed E-state index contributed by atoms with van der Waals surface area (Å²) < 4.78 is 24.2. The molecule has 0 fully saturated rings. The van der Waals surface area contributed by atoms with Crippen molar-refractivity contribution in [2.75, 3.05) is 19.3 Å². The number of sulfone groups is 1. The Balaban J connectivity index is 1.69. The van der Waals surface area contributed by atoms with Crippen LogP contribution in [0.2, 0.25) is 0 Å². The van der Waals surface area contributed by atoms with Crippen LogP contribution in [0, 0.1) is 0 Å². The highest BCUT2D eigenvalue weighted by atomic mass is 32.2. The van der Waals surface area contributed by atoms with Gasteiger partial charge in [-0.05, 0) is 24.8 Å². The normalized spacial score (nSPS) is 15.8. The third kappa shape index (κ3) is 6.44. The van der Waals surface area contributed by atoms with Gasteiger partial charge in [0.25, 0.3) is 0 Å². The maximum absolute atomic E-state index is 12.1. The number of nitrogens with one attached hydrogen (secondary N) is 2. The summed E-state index contributed by atoms with van der Waals surface area (Å²) in [5.41, 5.74) is 0.840. The van der Waals surface area contributed by atoms with E-state index in [1.165, 1.54) is 0 Å². The van der Waals surface area contributed by atoms with E-state index < -0.39 is 9.84 Å². The summed E-state index contributed by atoms with van der Waals surface area (Å²) >= 11 is 0. The van der Waals surface area contributed by atoms with Crippen LogP contribution in [-0.2, 0) is 15.6 Å². The van der Waals surface area contributed by atoms with Gasteiger partial charge in [0, 0.05) is 19.6 Å². The molecule has 1 aromatic rings. The number of aliphatic imine (C=N–C) groups is 1. The Hall–Kier alpha value is -1.82. The van der Waals surface area contributed by atoms with Crippen LogP contribution in [0.25, 0.3) is 0 Å². The second kappa shape index (κ2) is 8.72. The Morgan fingerprint density at radius 2 is 1.91 bits per heavy atom. The molecule has 5 nitrogen and oxygen atoms in total. The number of nitrogens with zero attached hydrogens (tertiary/aromatic N) is 1. The Morgan fingerprint density at radius 1 is 1.22 bits per heavy atom. The van der Waals surface area contributed by atoms with Crippen LogP contribution >= 0.6 is 0 Å². The predicted octanol–water partition coefficient (Wildman–Crippen LogP) is 1.88. The molecule has 0 amide bonds. The lowest BCUT2D eigenvalue weighted by atomic mass is 10.2. The first-order chi connectivity index (χ1) is 11.1. The lowest BCUT2D eigenvalue weighted by Gasteiger charge is -2.16. The highest BCUT2D eigenvalue weighted by Gasteiger charge is 2.13. The molecule has 0 heterocycles. The van der Waals surface area contributed by atoms with Crippen LogP contribution in [-0.4, -0.2) is 39.8 Å². The maximum atomic E-state index is 12.1. The topological polar surface area (TPSA) is 70.6 Å². The average molecular weight is 335 g/mol. The fourth-order valence-corrected chi connectivity index (χ4v) is 3.95. The first-order valence-electron chi connectivity index (χ1n) is 7.95. The number of hydrogen-bond acceptors (Lipinski definition) is 3. The zero-order valence-corrected chi connectivity index (χ0v) is 14.3. The van der Waals surface area contributed by atoms with Crippen LogP contribution in [0.3, 0.4) is 0 Å². The summed E-state index contributed by atoms with van der Waals surface area (Å²) in [7, 11) is -1.35. The molecule has 0 radical (unpaired) electrons. The van der Waals surface area contributed by atoms with Gasteiger partial charge in [0.1, 0.15) is 0 Å². The van der Waals surface area contributed by atoms with E-state index in [9.17, 15) is 8.42 Å². The van der Waals surface area contributed by atoms with Gasteiger partial charge in [-0.3, -0.25) is 4.99 Å². The average Bonchev–Trinajstić information content (AvgIpc) is 3.04. The quantitative estimate of drug-likeness (QED) is 0.345. The van der Waals surface area contributed by atoms with Gasteiger partial charge >= 0.3 is 0 Å². The van der Waals surface area contributed by atoms with Gasteiger partial charge in [-0.2, -0.15) is 0 Å². The summed E-state index contributed by atoms with van der Waals surface area (Å²) in [6.45, 7) is 0.591. The van der Waals surface area contributed by atoms with Gasteiger partial charge in [-0.15, -0.1) is 0 Å². The summed E-state index contributed by atoms with van der Waals surface area (Å²) in [4.78, 5) is 4.17. The molecule has 0 atom stereocenters. The molecule has 1 aliphatic carbocycles. The Labute approximate surface area is 138 Å². The van der Waals surface area contributed by atoms with Crippen molar-refractivity contribution in [2.24, 2.45) is 4.99 Å². The van der Waals surface area contributed by atoms with Crippen molar-refractivity contribution < 1.29 is 8.42 Å². The zero-order valence-electron chi connectivity index (χ0n) is 13.5. The van der Waals surface area contributed by atoms with E-state index >= 15 is 0 Å². The lowest BCUT2D eigenvalue weighted by Crippen LogP contribution is -2.43. The van der Waals surface area contributed by atoms with Gasteiger partial charge < -0.3 is 10.6 Å². The summed E-state index contributed by atoms with van der Waals surface area (Å²) in [5.74, 6) is 1.02. The Bertz CT molecular complexity index is 631. The fraction of sp³-hybridized carbons (Fsp3) is 0.471. The molecule has 0 aliphatic heterocycles. The molecule has 0 saturated carbocycles. The molecule has 0 unspecified atom stereocenters. The molecule has 1 aromatic carbocycles. The van der Waals surface area contributed by atoms with Crippen molar-refractivity contribution in [3.05, 3.63) is 48.0 Å². The maximum Gasteiger partial charge on any atom is 0.191 e. The van der Waals surface area contributed by atoms with Crippen molar-refractivity contribution in [2.45, 2.75) is 31.1 Å². The minimum absolute atomic E-state index is 0.106. The number of rotatable bonds is 7. The van der Waals surface area contributed by atoms with Crippen molar-refractivity contribution in [1.82, 2.24) is 10.6 Å². The fourth-order valence-electron chi connectivity index (χ4n) is 2.52. The molecule has 23 heavy (non-hydrogen) atoms. The monoisotopic (exact) mass is 335 g/mol. The first-order valence-corrected chi connectivity index (χ1v) is 9.78. The molecule has 0 saturated heterocycles. The van der Waals surface area contributed by atoms with E-state index in [0.29, 0.717) is 19.0 Å². The highest BCUT2D eigenvalue weighted by Crippen LogP contribution is 2.09. The van der Waals surface area contributed by atoms with Crippen molar-refractivity contribution in [3.8, 4) is 0 Å². The van der Waals surface area contributed by atoms with E-state index in [-0.39, 0.29) is 11.5 Å². The standard InChI is InChI=1S/C17H25N3O2S/c1-18-17(20-16-10-5-6-11-16)19-12-7-13-23(21,22)14-15-8-3-2-4-9-15/h2-6,8-9,16H,7,10-14H2,1H3,(H2,18,19,20). The molecule has 1 aliphatic rings. The molecular weight excluding hydrogens is 310 g/mol. The van der Waals surface area contributed by atoms with E-state index in [1.54, 1.807) is 7.05 Å². The molecule has 0 aromatic heterocycles. The first kappa shape index (κ1) is 17.5. The summed E-state index contributed by atoms with van der Waals surface area (Å²) in [5, 5.41) is 6.51. The van der Waals surface area contributed by atoms with Gasteiger partial charge in [-0.25, -0.2) is 8.42 Å². The van der Waals surface area contributed by atoms with Gasteiger partial charge in [-0.1, -0.05) is 42.5 Å². The van der Waals surface area contributed by atoms with Gasteiger partial charge in [0.15, 0.2) is 15.8 Å². The van der Waals surface area contributed by atoms with E-state index in [1.807, 2.05) is 30.3 Å². The van der Waals surface area contributed by atoms with Crippen LogP contribution in [0.5, 0.6) is 0 Å². The van der Waals surface area contributed by atoms with Gasteiger partial charge in [0.2, 0.25) is 0 Å². The second-order valence-corrected chi connectivity index (χ2v) is 7.90. The molecule has 0 spiro atoms. The number of guanidine groups is 1. The second-order valence-electron chi connectivity index (χ2n) is 5.71. The Kier molecular flexibility index (Phi) is 6.65. The molecule has 0 bridgehead atoms. The molecule has 2 rings (SSSR count). The largest absolute Gasteiger partial charge is 0.356 e. The molecule has 126 valence electrons. The lowest BCUT2D eigenvalue weighted by molar-refractivity contribution is 0.590. The molecular formula is C17H25N3O2S. The molecule has 2 N–H and O–H groups in total. The smallest absolute Gasteiger partial charge is 0.191 e. The van der Waals surface area contributed by atoms with Crippen LogP contribution < -0.4 is 10.6 Å². The van der Waals surface area contributed by atoms with Crippen molar-refractivity contribution in [1.29, 1.82) is 0 Å². The van der Waals surface area contributed by atoms with Crippen molar-refractivity contribution in [3.63, 3.8) is 0 Å². The van der Waals surface area contributed by atoms with Crippen LogP contribution in [0.1, 0.15) is 24.8 Å². The summed E-state index contributed by atoms with van der Waals surface area (Å²) in [6.07, 6.45) is 6.89. The number of hydrogen-bond donors (Lipinski definition) is 2. The SMILES string of the molecule is CN=C(NCCCS(=O)(=O)Cc1ccccc1)NC1CC=CC1. The van der Waals surface area contributed by atoms with E-state index in [2.05, 4.69) is 27.8 Å². The highest BCUT2D eigenvalue weighted by molar-refractivity contribution is 7.90.